The summed E-state index contributed by atoms with van der Waals surface area (Å²) in [6.45, 7) is 2.94. The molecule has 0 radical (unpaired) electrons. The molecule has 2 nitrogen and oxygen atoms in total. The first-order valence-electron chi connectivity index (χ1n) is 6.78. The van der Waals surface area contributed by atoms with Crippen molar-refractivity contribution in [2.24, 2.45) is 0 Å². The fourth-order valence-corrected chi connectivity index (χ4v) is 2.63. The lowest BCUT2D eigenvalue weighted by Gasteiger charge is -2.13. The van der Waals surface area contributed by atoms with Crippen LogP contribution in [0.15, 0.2) is 16.6 Å². The van der Waals surface area contributed by atoms with Crippen molar-refractivity contribution in [3.63, 3.8) is 0 Å². The number of unbranched alkanes of at least 4 members (excludes halogenated alkanes) is 4. The Morgan fingerprint density at radius 2 is 1.89 bits per heavy atom. The van der Waals surface area contributed by atoms with Crippen LogP contribution in [-0.4, -0.2) is 13.7 Å². The van der Waals surface area contributed by atoms with E-state index in [1.807, 2.05) is 12.1 Å². The minimum absolute atomic E-state index is 0.465. The summed E-state index contributed by atoms with van der Waals surface area (Å²) in [4.78, 5) is 0. The summed E-state index contributed by atoms with van der Waals surface area (Å²) in [6, 6.07) is 3.89. The zero-order chi connectivity index (χ0) is 14.1. The first-order chi connectivity index (χ1) is 9.22. The molecular weight excluding hydrogens is 328 g/mol. The molecule has 0 bridgehead atoms. The van der Waals surface area contributed by atoms with Crippen LogP contribution < -0.4 is 9.47 Å². The number of rotatable bonds is 9. The van der Waals surface area contributed by atoms with E-state index in [1.165, 1.54) is 25.7 Å². The minimum atomic E-state index is 0.465. The van der Waals surface area contributed by atoms with Crippen molar-refractivity contribution in [1.29, 1.82) is 0 Å². The quantitative estimate of drug-likeness (QED) is 0.430. The van der Waals surface area contributed by atoms with Crippen LogP contribution in [0.1, 0.15) is 44.6 Å². The molecule has 0 aliphatic carbocycles. The molecular formula is C15H22BrClO2. The average Bonchev–Trinajstić information content (AvgIpc) is 2.43. The van der Waals surface area contributed by atoms with Crippen LogP contribution >= 0.6 is 27.5 Å². The second-order valence-corrected chi connectivity index (χ2v) is 5.63. The molecule has 1 aromatic carbocycles. The predicted molar refractivity (Wildman–Crippen MR) is 84.5 cm³/mol. The lowest BCUT2D eigenvalue weighted by Crippen LogP contribution is -2.01. The maximum atomic E-state index is 5.84. The summed E-state index contributed by atoms with van der Waals surface area (Å²) >= 11 is 9.35. The third kappa shape index (κ3) is 5.62. The van der Waals surface area contributed by atoms with Gasteiger partial charge in [-0.05, 0) is 40.0 Å². The molecule has 0 aliphatic heterocycles. The van der Waals surface area contributed by atoms with Gasteiger partial charge in [0.15, 0.2) is 11.5 Å². The highest BCUT2D eigenvalue weighted by molar-refractivity contribution is 9.10. The Labute approximate surface area is 129 Å². The summed E-state index contributed by atoms with van der Waals surface area (Å²) in [5.74, 6) is 1.97. The second kappa shape index (κ2) is 9.49. The van der Waals surface area contributed by atoms with E-state index in [1.54, 1.807) is 7.11 Å². The highest BCUT2D eigenvalue weighted by atomic mass is 79.9. The van der Waals surface area contributed by atoms with E-state index in [2.05, 4.69) is 22.9 Å². The third-order valence-corrected chi connectivity index (χ3v) is 3.84. The highest BCUT2D eigenvalue weighted by Gasteiger charge is 2.11. The van der Waals surface area contributed by atoms with Gasteiger partial charge in [0, 0.05) is 5.88 Å². The molecule has 0 aromatic heterocycles. The normalized spacial score (nSPS) is 10.5. The Bertz CT molecular complexity index is 383. The Morgan fingerprint density at radius 3 is 2.53 bits per heavy atom. The lowest BCUT2D eigenvalue weighted by molar-refractivity contribution is 0.283. The number of alkyl halides is 1. The molecule has 0 unspecified atom stereocenters. The summed E-state index contributed by atoms with van der Waals surface area (Å²) < 4.78 is 12.1. The SMILES string of the molecule is CCCCCCCOc1c(Br)cc(CCl)cc1OC. The standard InChI is InChI=1S/C15H22BrClO2/c1-3-4-5-6-7-8-19-15-13(16)9-12(11-17)10-14(15)18-2/h9-10H,3-8,11H2,1-2H3. The molecule has 0 fully saturated rings. The van der Waals surface area contributed by atoms with Gasteiger partial charge in [0.25, 0.3) is 0 Å². The van der Waals surface area contributed by atoms with Crippen LogP contribution in [0.25, 0.3) is 0 Å². The molecule has 4 heteroatoms. The number of hydrogen-bond acceptors (Lipinski definition) is 2. The third-order valence-electron chi connectivity index (χ3n) is 2.94. The molecule has 1 aromatic rings. The maximum absolute atomic E-state index is 5.84. The largest absolute Gasteiger partial charge is 0.493 e. The first-order valence-corrected chi connectivity index (χ1v) is 8.10. The maximum Gasteiger partial charge on any atom is 0.175 e. The minimum Gasteiger partial charge on any atom is -0.493 e. The van der Waals surface area contributed by atoms with Crippen LogP contribution in [-0.2, 0) is 5.88 Å². The van der Waals surface area contributed by atoms with Crippen molar-refractivity contribution in [1.82, 2.24) is 0 Å². The first kappa shape index (κ1) is 16.6. The molecule has 0 amide bonds. The molecule has 1 rings (SSSR count). The molecule has 0 aliphatic rings. The Morgan fingerprint density at radius 1 is 1.16 bits per heavy atom. The Hall–Kier alpha value is -0.410. The van der Waals surface area contributed by atoms with Crippen LogP contribution in [0.5, 0.6) is 11.5 Å². The van der Waals surface area contributed by atoms with Gasteiger partial charge in [-0.2, -0.15) is 0 Å². The van der Waals surface area contributed by atoms with Crippen molar-refractivity contribution in [3.05, 3.63) is 22.2 Å². The van der Waals surface area contributed by atoms with Crippen LogP contribution in [0.3, 0.4) is 0 Å². The van der Waals surface area contributed by atoms with Crippen LogP contribution in [0.4, 0.5) is 0 Å². The van der Waals surface area contributed by atoms with Gasteiger partial charge in [-0.15, -0.1) is 11.6 Å². The van der Waals surface area contributed by atoms with E-state index < -0.39 is 0 Å². The number of hydrogen-bond donors (Lipinski definition) is 0. The topological polar surface area (TPSA) is 18.5 Å². The summed E-state index contributed by atoms with van der Waals surface area (Å²) in [5, 5.41) is 0. The summed E-state index contributed by atoms with van der Waals surface area (Å²) in [6.07, 6.45) is 6.14. The zero-order valence-electron chi connectivity index (χ0n) is 11.7. The van der Waals surface area contributed by atoms with Crippen molar-refractivity contribution in [2.45, 2.75) is 44.9 Å². The second-order valence-electron chi connectivity index (χ2n) is 4.51. The summed E-state index contributed by atoms with van der Waals surface area (Å²) in [5.41, 5.74) is 1.01. The van der Waals surface area contributed by atoms with E-state index >= 15 is 0 Å². The van der Waals surface area contributed by atoms with Gasteiger partial charge in [-0.3, -0.25) is 0 Å². The average molecular weight is 350 g/mol. The van der Waals surface area contributed by atoms with Crippen molar-refractivity contribution < 1.29 is 9.47 Å². The number of benzene rings is 1. The van der Waals surface area contributed by atoms with Crippen LogP contribution in [0.2, 0.25) is 0 Å². The van der Waals surface area contributed by atoms with Gasteiger partial charge < -0.3 is 9.47 Å². The van der Waals surface area contributed by atoms with Crippen molar-refractivity contribution in [3.8, 4) is 11.5 Å². The predicted octanol–water partition coefficient (Wildman–Crippen LogP) is 5.55. The molecule has 0 heterocycles. The van der Waals surface area contributed by atoms with E-state index in [0.29, 0.717) is 5.88 Å². The van der Waals surface area contributed by atoms with Crippen molar-refractivity contribution >= 4 is 27.5 Å². The molecule has 0 saturated heterocycles. The molecule has 0 spiro atoms. The van der Waals surface area contributed by atoms with Gasteiger partial charge in [0.2, 0.25) is 0 Å². The molecule has 108 valence electrons. The van der Waals surface area contributed by atoms with Gasteiger partial charge in [0.1, 0.15) is 0 Å². The van der Waals surface area contributed by atoms with E-state index in [9.17, 15) is 0 Å². The fraction of sp³-hybridized carbons (Fsp3) is 0.600. The number of methoxy groups -OCH3 is 1. The van der Waals surface area contributed by atoms with E-state index in [-0.39, 0.29) is 0 Å². The number of halogens is 2. The van der Waals surface area contributed by atoms with Gasteiger partial charge in [-0.1, -0.05) is 32.6 Å². The molecule has 0 atom stereocenters. The zero-order valence-corrected chi connectivity index (χ0v) is 14.0. The summed E-state index contributed by atoms with van der Waals surface area (Å²) in [7, 11) is 1.65. The van der Waals surface area contributed by atoms with E-state index in [0.717, 1.165) is 34.6 Å². The van der Waals surface area contributed by atoms with Gasteiger partial charge in [0.05, 0.1) is 18.2 Å². The Kier molecular flexibility index (Phi) is 8.31. The number of ether oxygens (including phenoxy) is 2. The monoisotopic (exact) mass is 348 g/mol. The fourth-order valence-electron chi connectivity index (χ4n) is 1.87. The highest BCUT2D eigenvalue weighted by Crippen LogP contribution is 2.37. The molecule has 19 heavy (non-hydrogen) atoms. The van der Waals surface area contributed by atoms with E-state index in [4.69, 9.17) is 21.1 Å². The van der Waals surface area contributed by atoms with Gasteiger partial charge >= 0.3 is 0 Å². The molecule has 0 N–H and O–H groups in total. The smallest absolute Gasteiger partial charge is 0.175 e. The van der Waals surface area contributed by atoms with Gasteiger partial charge in [-0.25, -0.2) is 0 Å². The lowest BCUT2D eigenvalue weighted by atomic mass is 10.2. The van der Waals surface area contributed by atoms with Crippen molar-refractivity contribution in [2.75, 3.05) is 13.7 Å². The van der Waals surface area contributed by atoms with Crippen LogP contribution in [0, 0.1) is 0 Å². The molecule has 0 saturated carbocycles. The Balaban J connectivity index is 2.52.